The van der Waals surface area contributed by atoms with Crippen molar-refractivity contribution in [1.29, 1.82) is 0 Å². The zero-order valence-electron chi connectivity index (χ0n) is 11.9. The Morgan fingerprint density at radius 1 is 1.32 bits per heavy atom. The standard InChI is InChI=1S/C16H14ClN3O2/c1-20-9-8-18-15(20)14(11-5-2-3-6-12(11)17)19-16(21)13-7-4-10-22-13/h2-10,14H,1H3,(H,19,21). The Labute approximate surface area is 132 Å². The summed E-state index contributed by atoms with van der Waals surface area (Å²) in [6.45, 7) is 0. The summed E-state index contributed by atoms with van der Waals surface area (Å²) in [6, 6.07) is 10.2. The highest BCUT2D eigenvalue weighted by Gasteiger charge is 2.24. The molecule has 1 atom stereocenters. The molecular weight excluding hydrogens is 302 g/mol. The van der Waals surface area contributed by atoms with Crippen LogP contribution in [0.25, 0.3) is 0 Å². The summed E-state index contributed by atoms with van der Waals surface area (Å²) in [5.41, 5.74) is 0.776. The molecule has 0 fully saturated rings. The molecule has 2 aromatic heterocycles. The molecule has 0 saturated carbocycles. The van der Waals surface area contributed by atoms with Crippen LogP contribution in [0.4, 0.5) is 0 Å². The van der Waals surface area contributed by atoms with Gasteiger partial charge in [0, 0.05) is 30.0 Å². The van der Waals surface area contributed by atoms with Gasteiger partial charge in [0.25, 0.3) is 5.91 Å². The quantitative estimate of drug-likeness (QED) is 0.804. The third-order valence-electron chi connectivity index (χ3n) is 3.35. The van der Waals surface area contributed by atoms with E-state index in [9.17, 15) is 4.79 Å². The normalized spacial score (nSPS) is 12.1. The number of carbonyl (C=O) groups excluding carboxylic acids is 1. The summed E-state index contributed by atoms with van der Waals surface area (Å²) in [6.07, 6.45) is 4.95. The van der Waals surface area contributed by atoms with Crippen molar-refractivity contribution < 1.29 is 9.21 Å². The van der Waals surface area contributed by atoms with Gasteiger partial charge in [0.2, 0.25) is 0 Å². The number of carbonyl (C=O) groups is 1. The number of rotatable bonds is 4. The van der Waals surface area contributed by atoms with E-state index >= 15 is 0 Å². The zero-order valence-corrected chi connectivity index (χ0v) is 12.6. The Kier molecular flexibility index (Phi) is 3.98. The maximum Gasteiger partial charge on any atom is 0.287 e. The van der Waals surface area contributed by atoms with Gasteiger partial charge >= 0.3 is 0 Å². The Hall–Kier alpha value is -2.53. The Morgan fingerprint density at radius 3 is 2.77 bits per heavy atom. The van der Waals surface area contributed by atoms with Gasteiger partial charge in [-0.05, 0) is 18.2 Å². The molecule has 3 rings (SSSR count). The van der Waals surface area contributed by atoms with Crippen molar-refractivity contribution >= 4 is 17.5 Å². The number of nitrogens with zero attached hydrogens (tertiary/aromatic N) is 2. The van der Waals surface area contributed by atoms with E-state index < -0.39 is 6.04 Å². The van der Waals surface area contributed by atoms with E-state index in [0.29, 0.717) is 10.8 Å². The van der Waals surface area contributed by atoms with Crippen LogP contribution in [0.5, 0.6) is 0 Å². The number of benzene rings is 1. The van der Waals surface area contributed by atoms with Crippen LogP contribution in [0.15, 0.2) is 59.5 Å². The maximum absolute atomic E-state index is 12.3. The monoisotopic (exact) mass is 315 g/mol. The molecule has 6 heteroatoms. The van der Waals surface area contributed by atoms with Gasteiger partial charge < -0.3 is 14.3 Å². The van der Waals surface area contributed by atoms with Crippen molar-refractivity contribution in [2.45, 2.75) is 6.04 Å². The van der Waals surface area contributed by atoms with Gasteiger partial charge in [-0.1, -0.05) is 29.8 Å². The van der Waals surface area contributed by atoms with Crippen LogP contribution >= 0.6 is 11.6 Å². The van der Waals surface area contributed by atoms with Crippen molar-refractivity contribution in [2.75, 3.05) is 0 Å². The number of aromatic nitrogens is 2. The minimum atomic E-state index is -0.466. The molecule has 0 spiro atoms. The molecule has 0 aliphatic heterocycles. The highest BCUT2D eigenvalue weighted by molar-refractivity contribution is 6.31. The van der Waals surface area contributed by atoms with E-state index in [2.05, 4.69) is 10.3 Å². The summed E-state index contributed by atoms with van der Waals surface area (Å²) >= 11 is 6.28. The van der Waals surface area contributed by atoms with Gasteiger partial charge in [0.15, 0.2) is 5.76 Å². The fourth-order valence-corrected chi connectivity index (χ4v) is 2.50. The summed E-state index contributed by atoms with van der Waals surface area (Å²) in [5, 5.41) is 3.48. The fourth-order valence-electron chi connectivity index (χ4n) is 2.26. The number of amides is 1. The third kappa shape index (κ3) is 2.76. The molecule has 2 heterocycles. The first-order valence-electron chi connectivity index (χ1n) is 6.73. The number of furan rings is 1. The van der Waals surface area contributed by atoms with Crippen LogP contribution < -0.4 is 5.32 Å². The van der Waals surface area contributed by atoms with Gasteiger partial charge in [0.05, 0.1) is 6.26 Å². The molecule has 22 heavy (non-hydrogen) atoms. The van der Waals surface area contributed by atoms with Crippen LogP contribution in [-0.2, 0) is 7.05 Å². The van der Waals surface area contributed by atoms with Crippen molar-refractivity contribution in [3.8, 4) is 0 Å². The third-order valence-corrected chi connectivity index (χ3v) is 3.70. The smallest absolute Gasteiger partial charge is 0.287 e. The van der Waals surface area contributed by atoms with Crippen LogP contribution in [0.3, 0.4) is 0 Å². The number of nitrogens with one attached hydrogen (secondary N) is 1. The van der Waals surface area contributed by atoms with Crippen LogP contribution in [-0.4, -0.2) is 15.5 Å². The minimum absolute atomic E-state index is 0.242. The van der Waals surface area contributed by atoms with Crippen molar-refractivity contribution in [3.05, 3.63) is 77.2 Å². The Balaban J connectivity index is 1.99. The molecular formula is C16H14ClN3O2. The van der Waals surface area contributed by atoms with Gasteiger partial charge in [-0.15, -0.1) is 0 Å². The van der Waals surface area contributed by atoms with E-state index in [1.807, 2.05) is 36.0 Å². The lowest BCUT2D eigenvalue weighted by Gasteiger charge is -2.19. The second-order valence-corrected chi connectivity index (χ2v) is 5.21. The molecule has 0 radical (unpaired) electrons. The number of imidazole rings is 1. The number of hydrogen-bond donors (Lipinski definition) is 1. The molecule has 1 N–H and O–H groups in total. The second kappa shape index (κ2) is 6.07. The molecule has 3 aromatic rings. The largest absolute Gasteiger partial charge is 0.459 e. The molecule has 0 bridgehead atoms. The van der Waals surface area contributed by atoms with Crippen LogP contribution in [0, 0.1) is 0 Å². The van der Waals surface area contributed by atoms with Gasteiger partial charge in [-0.25, -0.2) is 4.98 Å². The molecule has 112 valence electrons. The van der Waals surface area contributed by atoms with Crippen LogP contribution in [0.1, 0.15) is 28.0 Å². The topological polar surface area (TPSA) is 60.1 Å². The number of hydrogen-bond acceptors (Lipinski definition) is 3. The van der Waals surface area contributed by atoms with E-state index in [1.165, 1.54) is 6.26 Å². The highest BCUT2D eigenvalue weighted by atomic mass is 35.5. The molecule has 0 saturated heterocycles. The van der Waals surface area contributed by atoms with Crippen LogP contribution in [0.2, 0.25) is 5.02 Å². The second-order valence-electron chi connectivity index (χ2n) is 4.80. The summed E-state index contributed by atoms with van der Waals surface area (Å²) in [5.74, 6) is 0.609. The lowest BCUT2D eigenvalue weighted by molar-refractivity contribution is 0.0913. The van der Waals surface area contributed by atoms with Gasteiger partial charge in [-0.3, -0.25) is 4.79 Å². The number of aryl methyl sites for hydroxylation is 1. The molecule has 0 aliphatic carbocycles. The van der Waals surface area contributed by atoms with E-state index in [4.69, 9.17) is 16.0 Å². The zero-order chi connectivity index (χ0) is 15.5. The van der Waals surface area contributed by atoms with Gasteiger partial charge in [-0.2, -0.15) is 0 Å². The fraction of sp³-hybridized carbons (Fsp3) is 0.125. The lowest BCUT2D eigenvalue weighted by atomic mass is 10.1. The predicted octanol–water partition coefficient (Wildman–Crippen LogP) is 3.19. The number of halogens is 1. The lowest BCUT2D eigenvalue weighted by Crippen LogP contribution is -2.31. The molecule has 1 aromatic carbocycles. The Bertz CT molecular complexity index is 780. The first-order valence-corrected chi connectivity index (χ1v) is 7.10. The SMILES string of the molecule is Cn1ccnc1C(NC(=O)c1ccco1)c1ccccc1Cl. The first kappa shape index (κ1) is 14.4. The van der Waals surface area contributed by atoms with E-state index in [-0.39, 0.29) is 11.7 Å². The molecule has 0 aliphatic rings. The summed E-state index contributed by atoms with van der Waals surface area (Å²) < 4.78 is 6.98. The first-order chi connectivity index (χ1) is 10.7. The molecule has 5 nitrogen and oxygen atoms in total. The van der Waals surface area contributed by atoms with E-state index in [0.717, 1.165) is 5.56 Å². The van der Waals surface area contributed by atoms with Crippen molar-refractivity contribution in [1.82, 2.24) is 14.9 Å². The summed E-state index contributed by atoms with van der Waals surface area (Å²) in [4.78, 5) is 16.6. The maximum atomic E-state index is 12.3. The predicted molar refractivity (Wildman–Crippen MR) is 82.7 cm³/mol. The highest BCUT2D eigenvalue weighted by Crippen LogP contribution is 2.27. The minimum Gasteiger partial charge on any atom is -0.459 e. The van der Waals surface area contributed by atoms with Crippen molar-refractivity contribution in [2.24, 2.45) is 7.05 Å². The average Bonchev–Trinajstić information content (AvgIpc) is 3.17. The Morgan fingerprint density at radius 2 is 2.14 bits per heavy atom. The average molecular weight is 316 g/mol. The van der Waals surface area contributed by atoms with Crippen molar-refractivity contribution in [3.63, 3.8) is 0 Å². The van der Waals surface area contributed by atoms with Gasteiger partial charge in [0.1, 0.15) is 11.9 Å². The van der Waals surface area contributed by atoms with E-state index in [1.54, 1.807) is 24.4 Å². The summed E-state index contributed by atoms with van der Waals surface area (Å²) in [7, 11) is 1.87. The molecule has 1 unspecified atom stereocenters. The molecule has 1 amide bonds.